The van der Waals surface area contributed by atoms with Crippen molar-refractivity contribution in [2.45, 2.75) is 203 Å². The number of hydrogen-bond acceptors (Lipinski definition) is 17. The molecule has 9 N–H and O–H groups in total. The SMILES string of the molecule is CC1CCC2(OC1)OC1CC3C4CC=C5CC(OC6OC(CO)C(OC7OC(C)C(O)C(O)C7O)C(OC7OC(CO)C(O)C(O)C7O)C6O)CCC5(C)C4CCC3(C)C1C2C. The molecule has 0 aromatic carbocycles. The number of rotatable bonds is 8. The Morgan fingerprint density at radius 3 is 2.03 bits per heavy atom. The van der Waals surface area contributed by atoms with Crippen molar-refractivity contribution in [1.82, 2.24) is 0 Å². The quantitative estimate of drug-likeness (QED) is 0.148. The maximum absolute atomic E-state index is 12.0. The topological polar surface area (TPSA) is 256 Å². The van der Waals surface area contributed by atoms with Crippen LogP contribution in [0.4, 0.5) is 0 Å². The average molecular weight is 885 g/mol. The van der Waals surface area contributed by atoms with Gasteiger partial charge in [-0.2, -0.15) is 0 Å². The third kappa shape index (κ3) is 7.49. The Bertz CT molecular complexity index is 1610. The molecule has 17 heteroatoms. The minimum absolute atomic E-state index is 0.0262. The van der Waals surface area contributed by atoms with Crippen LogP contribution in [0, 0.1) is 46.3 Å². The number of aliphatic hydroxyl groups excluding tert-OH is 9. The van der Waals surface area contributed by atoms with E-state index in [1.54, 1.807) is 0 Å². The number of allylic oxidation sites excluding steroid dienone is 1. The molecule has 0 bridgehead atoms. The first kappa shape index (κ1) is 46.2. The summed E-state index contributed by atoms with van der Waals surface area (Å²) in [5.74, 6) is 2.59. The van der Waals surface area contributed by atoms with Gasteiger partial charge in [0.05, 0.1) is 38.1 Å². The van der Waals surface area contributed by atoms with Gasteiger partial charge in [-0.1, -0.05) is 39.3 Å². The summed E-state index contributed by atoms with van der Waals surface area (Å²) in [6, 6.07) is 0. The lowest BCUT2D eigenvalue weighted by molar-refractivity contribution is -0.388. The largest absolute Gasteiger partial charge is 0.394 e. The van der Waals surface area contributed by atoms with E-state index in [4.69, 9.17) is 37.9 Å². The summed E-state index contributed by atoms with van der Waals surface area (Å²) < 4.78 is 49.8. The molecule has 1 spiro atoms. The summed E-state index contributed by atoms with van der Waals surface area (Å²) in [7, 11) is 0. The lowest BCUT2D eigenvalue weighted by Gasteiger charge is -2.58. The van der Waals surface area contributed by atoms with E-state index in [0.29, 0.717) is 48.3 Å². The highest BCUT2D eigenvalue weighted by molar-refractivity contribution is 5.26. The van der Waals surface area contributed by atoms with Gasteiger partial charge in [0.25, 0.3) is 0 Å². The zero-order chi connectivity index (χ0) is 44.2. The van der Waals surface area contributed by atoms with E-state index in [-0.39, 0.29) is 23.0 Å². The van der Waals surface area contributed by atoms with Crippen LogP contribution in [0.1, 0.15) is 92.4 Å². The molecule has 0 amide bonds. The fourth-order valence-electron chi connectivity index (χ4n) is 14.0. The number of ether oxygens (including phenoxy) is 8. The number of fused-ring (bicyclic) bond motifs is 7. The lowest BCUT2D eigenvalue weighted by atomic mass is 9.47. The van der Waals surface area contributed by atoms with Crippen molar-refractivity contribution in [3.63, 3.8) is 0 Å². The summed E-state index contributed by atoms with van der Waals surface area (Å²) in [6.07, 6.45) is -12.2. The van der Waals surface area contributed by atoms with E-state index in [9.17, 15) is 46.0 Å². The standard InChI is InChI=1S/C45H72O17/c1-19-8-13-45(55-18-19)20(2)30-27(62-45)15-26-24-7-6-22-14-23(9-11-43(22,4)25(24)10-12-44(26,30)5)57-42-37(54)39(61-41-36(53)34(51)32(49)28(16-46)58-41)38(29(17-47)59-42)60-40-35(52)33(50)31(48)21(3)56-40/h6,19-21,23-42,46-54H,7-18H2,1-5H3. The predicted octanol–water partition coefficient (Wildman–Crippen LogP) is 0.214. The van der Waals surface area contributed by atoms with Crippen molar-refractivity contribution in [2.24, 2.45) is 46.3 Å². The van der Waals surface area contributed by atoms with Gasteiger partial charge in [0.1, 0.15) is 67.1 Å². The van der Waals surface area contributed by atoms with E-state index < -0.39 is 111 Å². The Morgan fingerprint density at radius 1 is 0.677 bits per heavy atom. The van der Waals surface area contributed by atoms with Gasteiger partial charge in [-0.25, -0.2) is 0 Å². The highest BCUT2D eigenvalue weighted by atomic mass is 16.8. The smallest absolute Gasteiger partial charge is 0.187 e. The van der Waals surface area contributed by atoms with Gasteiger partial charge in [-0.15, -0.1) is 0 Å². The maximum atomic E-state index is 12.0. The lowest BCUT2D eigenvalue weighted by Crippen LogP contribution is -2.67. The fraction of sp³-hybridized carbons (Fsp3) is 0.956. The van der Waals surface area contributed by atoms with Crippen molar-refractivity contribution in [3.05, 3.63) is 11.6 Å². The normalized spacial score (nSPS) is 57.6. The highest BCUT2D eigenvalue weighted by Crippen LogP contribution is 2.70. The third-order valence-corrected chi connectivity index (χ3v) is 17.7. The van der Waals surface area contributed by atoms with Crippen molar-refractivity contribution in [1.29, 1.82) is 0 Å². The van der Waals surface area contributed by atoms with Crippen LogP contribution in [0.25, 0.3) is 0 Å². The molecule has 4 aliphatic carbocycles. The molecule has 3 saturated carbocycles. The van der Waals surface area contributed by atoms with Crippen molar-refractivity contribution in [3.8, 4) is 0 Å². The van der Waals surface area contributed by atoms with Crippen molar-refractivity contribution < 1.29 is 83.9 Å². The average Bonchev–Trinajstić information content (AvgIpc) is 3.70. The predicted molar refractivity (Wildman–Crippen MR) is 214 cm³/mol. The summed E-state index contributed by atoms with van der Waals surface area (Å²) >= 11 is 0. The molecular formula is C45H72O17. The maximum Gasteiger partial charge on any atom is 0.187 e. The van der Waals surface area contributed by atoms with Gasteiger partial charge in [-0.3, -0.25) is 0 Å². The molecule has 9 aliphatic rings. The highest BCUT2D eigenvalue weighted by Gasteiger charge is 2.69. The molecule has 0 radical (unpaired) electrons. The van der Waals surface area contributed by atoms with Crippen LogP contribution in [0.3, 0.4) is 0 Å². The van der Waals surface area contributed by atoms with Crippen LogP contribution in [0.15, 0.2) is 11.6 Å². The summed E-state index contributed by atoms with van der Waals surface area (Å²) in [5.41, 5.74) is 1.50. The van der Waals surface area contributed by atoms with Gasteiger partial charge < -0.3 is 83.9 Å². The first-order valence-corrected chi connectivity index (χ1v) is 23.4. The molecule has 26 atom stereocenters. The van der Waals surface area contributed by atoms with Crippen molar-refractivity contribution >= 4 is 0 Å². The second kappa shape index (κ2) is 17.3. The van der Waals surface area contributed by atoms with Gasteiger partial charge in [0.15, 0.2) is 24.7 Å². The molecule has 354 valence electrons. The molecule has 5 heterocycles. The van der Waals surface area contributed by atoms with Gasteiger partial charge >= 0.3 is 0 Å². The molecule has 62 heavy (non-hydrogen) atoms. The number of aliphatic hydroxyl groups is 9. The van der Waals surface area contributed by atoms with Gasteiger partial charge in [-0.05, 0) is 98.7 Å². The zero-order valence-electron chi connectivity index (χ0n) is 36.6. The molecule has 0 aromatic heterocycles. The monoisotopic (exact) mass is 884 g/mol. The van der Waals surface area contributed by atoms with Crippen LogP contribution >= 0.6 is 0 Å². The zero-order valence-corrected chi connectivity index (χ0v) is 36.6. The summed E-state index contributed by atoms with van der Waals surface area (Å²) in [4.78, 5) is 0. The Balaban J connectivity index is 0.909. The molecule has 0 aromatic rings. The van der Waals surface area contributed by atoms with E-state index in [1.807, 2.05) is 0 Å². The Kier molecular flexibility index (Phi) is 12.9. The van der Waals surface area contributed by atoms with E-state index in [1.165, 1.54) is 12.5 Å². The van der Waals surface area contributed by atoms with Crippen molar-refractivity contribution in [2.75, 3.05) is 19.8 Å². The minimum atomic E-state index is -1.84. The fourth-order valence-corrected chi connectivity index (χ4v) is 14.0. The first-order chi connectivity index (χ1) is 29.4. The van der Waals surface area contributed by atoms with Crippen LogP contribution in [-0.4, -0.2) is 176 Å². The third-order valence-electron chi connectivity index (χ3n) is 17.7. The molecule has 26 unspecified atom stereocenters. The molecule has 5 aliphatic heterocycles. The second-order valence-corrected chi connectivity index (χ2v) is 21.1. The number of hydrogen-bond donors (Lipinski definition) is 9. The van der Waals surface area contributed by atoms with Gasteiger partial charge in [0.2, 0.25) is 0 Å². The summed E-state index contributed by atoms with van der Waals surface area (Å²) in [5, 5.41) is 96.0. The van der Waals surface area contributed by atoms with Crippen LogP contribution in [-0.2, 0) is 37.9 Å². The van der Waals surface area contributed by atoms with E-state index in [0.717, 1.165) is 51.6 Å². The Labute approximate surface area is 363 Å². The van der Waals surface area contributed by atoms with Gasteiger partial charge in [0, 0.05) is 12.3 Å². The minimum Gasteiger partial charge on any atom is -0.394 e. The molecule has 5 saturated heterocycles. The molecule has 9 rings (SSSR count). The van der Waals surface area contributed by atoms with E-state index >= 15 is 0 Å². The Hall–Kier alpha value is -0.940. The Morgan fingerprint density at radius 2 is 1.34 bits per heavy atom. The molecule has 8 fully saturated rings. The van der Waals surface area contributed by atoms with Crippen LogP contribution in [0.2, 0.25) is 0 Å². The van der Waals surface area contributed by atoms with Crippen LogP contribution < -0.4 is 0 Å². The molecule has 17 nitrogen and oxygen atoms in total. The first-order valence-electron chi connectivity index (χ1n) is 23.4. The molecular weight excluding hydrogens is 812 g/mol. The second-order valence-electron chi connectivity index (χ2n) is 21.1. The summed E-state index contributed by atoms with van der Waals surface area (Å²) in [6.45, 7) is 10.4. The van der Waals surface area contributed by atoms with E-state index in [2.05, 4.69) is 33.8 Å². The van der Waals surface area contributed by atoms with Crippen LogP contribution in [0.5, 0.6) is 0 Å².